The van der Waals surface area contributed by atoms with Gasteiger partial charge in [0.1, 0.15) is 17.5 Å². The van der Waals surface area contributed by atoms with E-state index in [9.17, 15) is 18.0 Å². The quantitative estimate of drug-likeness (QED) is 0.563. The monoisotopic (exact) mass is 424 g/mol. The van der Waals surface area contributed by atoms with Crippen LogP contribution in [0.2, 0.25) is 0 Å². The Morgan fingerprint density at radius 1 is 0.935 bits per heavy atom. The number of nitrogens with zero attached hydrogens (tertiary/aromatic N) is 2. The summed E-state index contributed by atoms with van der Waals surface area (Å²) >= 11 is 0. The Labute approximate surface area is 177 Å². The molecule has 1 atom stereocenters. The lowest BCUT2D eigenvalue weighted by Gasteiger charge is -2.25. The molecule has 1 aliphatic rings. The zero-order chi connectivity index (χ0) is 21.8. The lowest BCUT2D eigenvalue weighted by molar-refractivity contribution is 0.0405. The Bertz CT molecular complexity index is 1100. The predicted molar refractivity (Wildman–Crippen MR) is 110 cm³/mol. The minimum Gasteiger partial charge on any atom is -0.390 e. The van der Waals surface area contributed by atoms with Gasteiger partial charge < -0.3 is 9.74 Å². The van der Waals surface area contributed by atoms with Gasteiger partial charge in [0, 0.05) is 18.5 Å². The summed E-state index contributed by atoms with van der Waals surface area (Å²) in [5.74, 6) is -1.59. The molecule has 1 amide bonds. The van der Waals surface area contributed by atoms with E-state index in [1.807, 2.05) is 0 Å². The van der Waals surface area contributed by atoms with Gasteiger partial charge >= 0.3 is 0 Å². The van der Waals surface area contributed by atoms with Gasteiger partial charge in [-0.25, -0.2) is 13.2 Å². The van der Waals surface area contributed by atoms with Gasteiger partial charge in [-0.05, 0) is 53.6 Å². The minimum atomic E-state index is -0.508. The first-order valence-corrected chi connectivity index (χ1v) is 9.76. The largest absolute Gasteiger partial charge is 0.390 e. The van der Waals surface area contributed by atoms with E-state index in [-0.39, 0.29) is 36.2 Å². The first-order chi connectivity index (χ1) is 15.0. The molecule has 4 rings (SSSR count). The number of hydrogen-bond acceptors (Lipinski definition) is 3. The van der Waals surface area contributed by atoms with Crippen molar-refractivity contribution in [3.63, 3.8) is 0 Å². The minimum absolute atomic E-state index is 0.195. The first-order valence-electron chi connectivity index (χ1n) is 9.76. The van der Waals surface area contributed by atoms with Crippen molar-refractivity contribution in [1.29, 1.82) is 0 Å². The molecule has 3 aromatic rings. The second kappa shape index (κ2) is 9.04. The van der Waals surface area contributed by atoms with Crippen LogP contribution in [0.4, 0.5) is 13.2 Å². The smallest absolute Gasteiger partial charge is 0.254 e. The molecule has 0 N–H and O–H groups in total. The van der Waals surface area contributed by atoms with Gasteiger partial charge in [0.2, 0.25) is 0 Å². The van der Waals surface area contributed by atoms with E-state index in [1.165, 1.54) is 47.4 Å². The Balaban J connectivity index is 1.51. The average Bonchev–Trinajstić information content (AvgIpc) is 3.23. The molecule has 0 aliphatic carbocycles. The summed E-state index contributed by atoms with van der Waals surface area (Å²) in [6, 6.07) is 17.2. The Kier molecular flexibility index (Phi) is 6.02. The van der Waals surface area contributed by atoms with Crippen LogP contribution in [0.25, 0.3) is 0 Å². The zero-order valence-corrected chi connectivity index (χ0v) is 16.5. The molecule has 31 heavy (non-hydrogen) atoms. The van der Waals surface area contributed by atoms with Crippen LogP contribution in [0.3, 0.4) is 0 Å². The fourth-order valence-corrected chi connectivity index (χ4v) is 3.42. The van der Waals surface area contributed by atoms with E-state index in [0.29, 0.717) is 12.1 Å². The second-order valence-corrected chi connectivity index (χ2v) is 7.30. The fraction of sp³-hybridized carbons (Fsp3) is 0.167. The van der Waals surface area contributed by atoms with Crippen LogP contribution in [0.1, 0.15) is 27.9 Å². The zero-order valence-electron chi connectivity index (χ0n) is 16.5. The molecule has 7 heteroatoms. The molecule has 0 fully saturated rings. The second-order valence-electron chi connectivity index (χ2n) is 7.30. The third-order valence-electron chi connectivity index (χ3n) is 4.98. The van der Waals surface area contributed by atoms with E-state index in [2.05, 4.69) is 5.16 Å². The highest BCUT2D eigenvalue weighted by Gasteiger charge is 2.27. The molecule has 0 radical (unpaired) electrons. The van der Waals surface area contributed by atoms with Gasteiger partial charge in [0.25, 0.3) is 5.91 Å². The predicted octanol–water partition coefficient (Wildman–Crippen LogP) is 4.94. The number of carbonyl (C=O) groups is 1. The lowest BCUT2D eigenvalue weighted by atomic mass is 10.0. The molecule has 1 aliphatic heterocycles. The summed E-state index contributed by atoms with van der Waals surface area (Å²) in [6.07, 6.45) is 0.0140. The Hall–Kier alpha value is -3.61. The van der Waals surface area contributed by atoms with Crippen molar-refractivity contribution in [3.05, 3.63) is 107 Å². The van der Waals surface area contributed by atoms with Gasteiger partial charge in [-0.2, -0.15) is 0 Å². The van der Waals surface area contributed by atoms with Crippen molar-refractivity contribution >= 4 is 11.6 Å². The molecule has 4 nitrogen and oxygen atoms in total. The van der Waals surface area contributed by atoms with Gasteiger partial charge in [-0.3, -0.25) is 4.79 Å². The summed E-state index contributed by atoms with van der Waals surface area (Å²) in [7, 11) is 0. The molecular formula is C24H19F3N2O2. The highest BCUT2D eigenvalue weighted by atomic mass is 19.1. The van der Waals surface area contributed by atoms with Gasteiger partial charge in [0.15, 0.2) is 6.10 Å². The summed E-state index contributed by atoms with van der Waals surface area (Å²) in [5, 5.41) is 4.08. The molecule has 0 saturated heterocycles. The van der Waals surface area contributed by atoms with Crippen LogP contribution in [0.15, 0.2) is 78.0 Å². The number of oxime groups is 1. The number of amides is 1. The number of halogens is 3. The van der Waals surface area contributed by atoms with Crippen molar-refractivity contribution in [2.75, 3.05) is 6.54 Å². The van der Waals surface area contributed by atoms with Crippen molar-refractivity contribution < 1.29 is 22.8 Å². The fourth-order valence-electron chi connectivity index (χ4n) is 3.42. The average molecular weight is 424 g/mol. The normalized spacial score (nSPS) is 15.3. The van der Waals surface area contributed by atoms with Crippen molar-refractivity contribution in [2.45, 2.75) is 19.1 Å². The number of benzene rings is 3. The molecule has 0 aromatic heterocycles. The first kappa shape index (κ1) is 20.7. The van der Waals surface area contributed by atoms with Crippen LogP contribution < -0.4 is 0 Å². The number of rotatable bonds is 6. The number of carbonyl (C=O) groups excluding carboxylic acids is 1. The molecule has 0 unspecified atom stereocenters. The molecule has 1 heterocycles. The third kappa shape index (κ3) is 5.12. The van der Waals surface area contributed by atoms with Crippen molar-refractivity contribution in [3.8, 4) is 0 Å². The maximum absolute atomic E-state index is 13.7. The standard InChI is InChI=1S/C24H19F3N2O2/c25-19-8-4-16(5-9-19)14-29(24(30)18-2-1-3-21(27)12-18)15-22-13-23(28-31-22)17-6-10-20(26)11-7-17/h1-12,22H,13-15H2/t22-/m1/s1. The molecule has 0 saturated carbocycles. The summed E-state index contributed by atoms with van der Waals surface area (Å²) < 4.78 is 40.1. The molecule has 3 aromatic carbocycles. The topological polar surface area (TPSA) is 41.9 Å². The molecule has 0 bridgehead atoms. The van der Waals surface area contributed by atoms with E-state index in [4.69, 9.17) is 4.84 Å². The summed E-state index contributed by atoms with van der Waals surface area (Å²) in [4.78, 5) is 20.1. The van der Waals surface area contributed by atoms with Crippen LogP contribution in [-0.4, -0.2) is 29.2 Å². The molecular weight excluding hydrogens is 405 g/mol. The van der Waals surface area contributed by atoms with Crippen LogP contribution in [0.5, 0.6) is 0 Å². The van der Waals surface area contributed by atoms with Gasteiger partial charge in [-0.15, -0.1) is 0 Å². The maximum atomic E-state index is 13.7. The van der Waals surface area contributed by atoms with Gasteiger partial charge in [-0.1, -0.05) is 35.5 Å². The lowest BCUT2D eigenvalue weighted by Crippen LogP contribution is -2.37. The highest BCUT2D eigenvalue weighted by Crippen LogP contribution is 2.20. The third-order valence-corrected chi connectivity index (χ3v) is 4.98. The number of hydrogen-bond donors (Lipinski definition) is 0. The van der Waals surface area contributed by atoms with E-state index >= 15 is 0 Å². The summed E-state index contributed by atoms with van der Waals surface area (Å²) in [6.45, 7) is 0.391. The maximum Gasteiger partial charge on any atom is 0.254 e. The SMILES string of the molecule is O=C(c1cccc(F)c1)N(Cc1ccc(F)cc1)C[C@H]1CC(c2ccc(F)cc2)=NO1. The highest BCUT2D eigenvalue weighted by molar-refractivity contribution is 6.01. The van der Waals surface area contributed by atoms with E-state index < -0.39 is 11.9 Å². The van der Waals surface area contributed by atoms with Crippen LogP contribution >= 0.6 is 0 Å². The van der Waals surface area contributed by atoms with Crippen molar-refractivity contribution in [1.82, 2.24) is 4.90 Å². The van der Waals surface area contributed by atoms with Gasteiger partial charge in [0.05, 0.1) is 12.3 Å². The Morgan fingerprint density at radius 2 is 1.61 bits per heavy atom. The Morgan fingerprint density at radius 3 is 2.29 bits per heavy atom. The van der Waals surface area contributed by atoms with E-state index in [0.717, 1.165) is 11.1 Å². The summed E-state index contributed by atoms with van der Waals surface area (Å²) in [5.41, 5.74) is 2.33. The van der Waals surface area contributed by atoms with E-state index in [1.54, 1.807) is 30.3 Å². The molecule has 158 valence electrons. The van der Waals surface area contributed by atoms with Crippen molar-refractivity contribution in [2.24, 2.45) is 5.16 Å². The van der Waals surface area contributed by atoms with Crippen LogP contribution in [-0.2, 0) is 11.4 Å². The van der Waals surface area contributed by atoms with Crippen LogP contribution in [0, 0.1) is 17.5 Å². The molecule has 0 spiro atoms.